The number of hydrogen-bond acceptors (Lipinski definition) is 1. The monoisotopic (exact) mass is 88.1 g/mol. The Labute approximate surface area is 35.0 Å². The van der Waals surface area contributed by atoms with Crippen molar-refractivity contribution in [3.8, 4) is 0 Å². The predicted molar refractivity (Wildman–Crippen MR) is 22.2 cm³/mol. The summed E-state index contributed by atoms with van der Waals surface area (Å²) >= 11 is 0. The van der Waals surface area contributed by atoms with Gasteiger partial charge in [0.05, 0.1) is 0 Å². The van der Waals surface area contributed by atoms with Gasteiger partial charge in [-0.15, -0.1) is 0 Å². The molecule has 0 aromatic heterocycles. The molecule has 34 valence electrons. The number of nitrogens with zero attached hydrogens (tertiary/aromatic N) is 3. The van der Waals surface area contributed by atoms with E-state index in [4.69, 9.17) is 10.6 Å². The summed E-state index contributed by atoms with van der Waals surface area (Å²) in [6.45, 7) is 1.50. The first kappa shape index (κ1) is 5.27. The molecule has 0 heterocycles. The van der Waals surface area contributed by atoms with E-state index in [-0.39, 0.29) is 0 Å². The van der Waals surface area contributed by atoms with E-state index in [0.29, 0.717) is 0 Å². The van der Waals surface area contributed by atoms with Crippen LogP contribution in [0.4, 0.5) is 0 Å². The average Bonchev–Trinajstić information content (AvgIpc) is 1.35. The van der Waals surface area contributed by atoms with E-state index in [1.54, 1.807) is 0 Å². The van der Waals surface area contributed by atoms with E-state index >= 15 is 0 Å². The fourth-order valence-electron chi connectivity index (χ4n) is 0.0775. The molecule has 0 bridgehead atoms. The molecule has 0 aliphatic carbocycles. The maximum atomic E-state index is 7.58. The van der Waals surface area contributed by atoms with Crippen LogP contribution in [0.3, 0.4) is 0 Å². The molecule has 0 aliphatic rings. The summed E-state index contributed by atoms with van der Waals surface area (Å²) in [6.07, 6.45) is -0.644. The van der Waals surface area contributed by atoms with Crippen molar-refractivity contribution < 1.29 is 5.11 Å². The predicted octanol–water partition coefficient (Wildman–Crippen LogP) is 0.367. The molecule has 4 nitrogen and oxygen atoms in total. The minimum Gasteiger partial charge on any atom is -0.439 e. The van der Waals surface area contributed by atoms with Crippen LogP contribution < -0.4 is 0 Å². The van der Waals surface area contributed by atoms with Crippen LogP contribution in [-0.4, -0.2) is 11.3 Å². The van der Waals surface area contributed by atoms with Gasteiger partial charge in [-0.1, -0.05) is 0 Å². The Morgan fingerprint density at radius 1 is 2.00 bits per heavy atom. The van der Waals surface area contributed by atoms with Crippen molar-refractivity contribution in [2.75, 3.05) is 0 Å². The second-order valence-corrected chi connectivity index (χ2v) is 0.881. The van der Waals surface area contributed by atoms with Crippen LogP contribution in [0, 0.1) is 0 Å². The van der Waals surface area contributed by atoms with Gasteiger partial charge in [-0.3, -0.25) is 0 Å². The van der Waals surface area contributed by atoms with Crippen LogP contribution >= 0.6 is 0 Å². The maximum absolute atomic E-state index is 7.58. The van der Waals surface area contributed by atoms with E-state index in [9.17, 15) is 0 Å². The third-order valence-corrected chi connectivity index (χ3v) is 0.225. The summed E-state index contributed by atoms with van der Waals surface area (Å²) in [5.41, 5.74) is 7.58. The standard InChI is InChI=1S/C2H5N3O/c1-2(6)4-5-3/h2,6H,1H3/p+1/t2-/m0/s1. The van der Waals surface area contributed by atoms with Crippen molar-refractivity contribution in [1.29, 1.82) is 0 Å². The lowest BCUT2D eigenvalue weighted by atomic mass is 10.7. The minimum atomic E-state index is -0.644. The second kappa shape index (κ2) is 2.50. The zero-order chi connectivity index (χ0) is 4.99. The Morgan fingerprint density at radius 2 is 2.50 bits per heavy atom. The SMILES string of the molecule is C[C@H]([OH2+])N=[N+]=[N-]. The molecule has 1 atom stereocenters. The summed E-state index contributed by atoms with van der Waals surface area (Å²) in [6, 6.07) is 0. The zero-order valence-corrected chi connectivity index (χ0v) is 3.42. The van der Waals surface area contributed by atoms with E-state index in [2.05, 4.69) is 10.0 Å². The Morgan fingerprint density at radius 3 is 2.50 bits per heavy atom. The molecule has 4 heteroatoms. The molecular formula is C2H6N3O+. The third-order valence-electron chi connectivity index (χ3n) is 0.225. The van der Waals surface area contributed by atoms with Crippen molar-refractivity contribution in [3.05, 3.63) is 10.4 Å². The van der Waals surface area contributed by atoms with E-state index < -0.39 is 6.23 Å². The van der Waals surface area contributed by atoms with Gasteiger partial charge in [0.25, 0.3) is 0 Å². The Bertz CT molecular complexity index is 72.9. The van der Waals surface area contributed by atoms with E-state index in [1.165, 1.54) is 6.92 Å². The van der Waals surface area contributed by atoms with Gasteiger partial charge in [0.15, 0.2) is 0 Å². The van der Waals surface area contributed by atoms with Crippen LogP contribution in [0.25, 0.3) is 10.4 Å². The summed E-state index contributed by atoms with van der Waals surface area (Å²) in [4.78, 5) is 2.37. The molecule has 0 unspecified atom stereocenters. The van der Waals surface area contributed by atoms with Crippen molar-refractivity contribution in [1.82, 2.24) is 0 Å². The normalized spacial score (nSPS) is 12.3. The molecule has 0 aliphatic heterocycles. The highest BCUT2D eigenvalue weighted by Crippen LogP contribution is 1.77. The minimum absolute atomic E-state index is 0.644. The number of rotatable bonds is 1. The van der Waals surface area contributed by atoms with Crippen molar-refractivity contribution >= 4 is 0 Å². The molecule has 0 radical (unpaired) electrons. The van der Waals surface area contributed by atoms with Gasteiger partial charge in [-0.2, -0.15) is 0 Å². The summed E-state index contributed by atoms with van der Waals surface area (Å²) in [5, 5.41) is 9.53. The summed E-state index contributed by atoms with van der Waals surface area (Å²) in [5.74, 6) is 0. The van der Waals surface area contributed by atoms with Crippen LogP contribution in [0.1, 0.15) is 6.92 Å². The van der Waals surface area contributed by atoms with Gasteiger partial charge in [0.1, 0.15) is 0 Å². The molecule has 0 spiro atoms. The fourth-order valence-corrected chi connectivity index (χ4v) is 0.0775. The van der Waals surface area contributed by atoms with E-state index in [0.717, 1.165) is 0 Å². The highest BCUT2D eigenvalue weighted by Gasteiger charge is 1.86. The summed E-state index contributed by atoms with van der Waals surface area (Å²) in [7, 11) is 0. The van der Waals surface area contributed by atoms with Crippen molar-refractivity contribution in [2.24, 2.45) is 5.11 Å². The molecule has 0 aromatic carbocycles. The number of hydrogen-bond donors (Lipinski definition) is 0. The third kappa shape index (κ3) is 3.27. The van der Waals surface area contributed by atoms with E-state index in [1.807, 2.05) is 0 Å². The van der Waals surface area contributed by atoms with Crippen LogP contribution in [-0.2, 0) is 0 Å². The van der Waals surface area contributed by atoms with Gasteiger partial charge in [-0.05, 0) is 10.6 Å². The molecule has 2 N–H and O–H groups in total. The summed E-state index contributed by atoms with van der Waals surface area (Å²) < 4.78 is 0. The van der Waals surface area contributed by atoms with Gasteiger partial charge in [0.2, 0.25) is 6.23 Å². The largest absolute Gasteiger partial charge is 0.439 e. The lowest BCUT2D eigenvalue weighted by Gasteiger charge is -1.77. The molecule has 0 saturated heterocycles. The Balaban J connectivity index is 3.29. The van der Waals surface area contributed by atoms with Crippen LogP contribution in [0.15, 0.2) is 5.11 Å². The smallest absolute Gasteiger partial charge is 0.233 e. The average molecular weight is 88.1 g/mol. The van der Waals surface area contributed by atoms with Crippen LogP contribution in [0.5, 0.6) is 0 Å². The molecule has 6 heavy (non-hydrogen) atoms. The first-order chi connectivity index (χ1) is 2.77. The quantitative estimate of drug-likeness (QED) is 0.192. The lowest BCUT2D eigenvalue weighted by molar-refractivity contribution is 0.203. The van der Waals surface area contributed by atoms with Crippen LogP contribution in [0.2, 0.25) is 0 Å². The highest BCUT2D eigenvalue weighted by molar-refractivity contribution is 4.42. The Hall–Kier alpha value is -0.730. The van der Waals surface area contributed by atoms with Gasteiger partial charge in [0, 0.05) is 11.8 Å². The lowest BCUT2D eigenvalue weighted by Crippen LogP contribution is -1.88. The second-order valence-electron chi connectivity index (χ2n) is 0.881. The van der Waals surface area contributed by atoms with Gasteiger partial charge in [-0.25, -0.2) is 0 Å². The van der Waals surface area contributed by atoms with Crippen molar-refractivity contribution in [3.63, 3.8) is 0 Å². The first-order valence-corrected chi connectivity index (χ1v) is 1.52. The molecule has 0 amide bonds. The first-order valence-electron chi connectivity index (χ1n) is 1.52. The molecule has 0 saturated carbocycles. The van der Waals surface area contributed by atoms with Gasteiger partial charge >= 0.3 is 0 Å². The molecular weight excluding hydrogens is 82.0 g/mol. The fraction of sp³-hybridized carbons (Fsp3) is 1.00. The van der Waals surface area contributed by atoms with Crippen molar-refractivity contribution in [2.45, 2.75) is 13.2 Å². The topological polar surface area (TPSA) is 71.7 Å². The maximum Gasteiger partial charge on any atom is 0.233 e. The Kier molecular flexibility index (Phi) is 2.20. The molecule has 0 aromatic rings. The number of azide groups is 1. The van der Waals surface area contributed by atoms with Gasteiger partial charge < -0.3 is 5.11 Å². The zero-order valence-electron chi connectivity index (χ0n) is 3.42. The highest BCUT2D eigenvalue weighted by atomic mass is 16.3. The molecule has 0 fully saturated rings. The molecule has 0 rings (SSSR count).